The topological polar surface area (TPSA) is 212 Å². The second kappa shape index (κ2) is 24.5. The lowest BCUT2D eigenvalue weighted by atomic mass is 9.99. The summed E-state index contributed by atoms with van der Waals surface area (Å²) < 4.78 is 28.1. The number of nitro benzene ring substituents is 1. The first-order valence-electron chi connectivity index (χ1n) is 27.8. The number of hydrogen-bond acceptors (Lipinski definition) is 14. The third-order valence-electron chi connectivity index (χ3n) is 15.5. The normalized spacial score (nSPS) is 15.3. The first kappa shape index (κ1) is 59.6. The molecule has 0 radical (unpaired) electrons. The molecule has 3 aliphatic heterocycles. The highest BCUT2D eigenvalue weighted by molar-refractivity contribution is 14.1. The minimum Gasteiger partial charge on any atom is -0.441 e. The van der Waals surface area contributed by atoms with Crippen LogP contribution < -0.4 is 0 Å². The molecule has 0 amide bonds. The molecule has 0 spiro atoms. The quantitative estimate of drug-likeness (QED) is 0.0832. The van der Waals surface area contributed by atoms with Gasteiger partial charge in [-0.3, -0.25) is 38.8 Å². The van der Waals surface area contributed by atoms with Gasteiger partial charge in [-0.2, -0.15) is 0 Å². The molecule has 0 N–H and O–H groups in total. The van der Waals surface area contributed by atoms with Gasteiger partial charge < -0.3 is 13.3 Å². The Morgan fingerprint density at radius 3 is 1.17 bits per heavy atom. The van der Waals surface area contributed by atoms with E-state index in [1.165, 1.54) is 25.2 Å². The number of para-hydroxylation sites is 1. The van der Waals surface area contributed by atoms with Gasteiger partial charge >= 0.3 is 0 Å². The van der Waals surface area contributed by atoms with Crippen molar-refractivity contribution in [3.8, 4) is 51.4 Å². The van der Waals surface area contributed by atoms with Crippen LogP contribution in [0.2, 0.25) is 0 Å². The first-order chi connectivity index (χ1) is 43.0. The summed E-state index contributed by atoms with van der Waals surface area (Å²) in [5, 5.41) is 11.7. The van der Waals surface area contributed by atoms with Crippen LogP contribution in [0.5, 0.6) is 0 Å². The number of oxazole rings is 3. The molecule has 0 saturated heterocycles. The second-order valence-corrected chi connectivity index (χ2v) is 25.8. The molecule has 23 heteroatoms. The molecule has 442 valence electrons. The smallest absolute Gasteiger partial charge is 0.278 e. The summed E-state index contributed by atoms with van der Waals surface area (Å²) in [6.07, 6.45) is 9.74. The number of aryl methyl sites for hydroxylation is 3. The zero-order valence-electron chi connectivity index (χ0n) is 48.1. The van der Waals surface area contributed by atoms with E-state index in [2.05, 4.69) is 188 Å². The summed E-state index contributed by atoms with van der Waals surface area (Å²) in [6.45, 7) is 11.8. The van der Waals surface area contributed by atoms with Crippen LogP contribution in [-0.2, 0) is 0 Å². The Kier molecular flexibility index (Phi) is 16.4. The van der Waals surface area contributed by atoms with E-state index >= 15 is 0 Å². The van der Waals surface area contributed by atoms with Crippen LogP contribution >= 0.6 is 86.3 Å². The van der Waals surface area contributed by atoms with Gasteiger partial charge in [-0.1, -0.05) is 112 Å². The van der Waals surface area contributed by atoms with Gasteiger partial charge in [0.15, 0.2) is 36.5 Å². The lowest BCUT2D eigenvalue weighted by Gasteiger charge is -2.13. The molecule has 15 rings (SSSR count). The highest BCUT2D eigenvalue weighted by atomic mass is 127. The number of rotatable bonds is 7. The molecule has 0 saturated carbocycles. The Bertz CT molecular complexity index is 4680. The summed E-state index contributed by atoms with van der Waals surface area (Å²) in [6, 6.07) is 40.9. The SMILES string of the molecule is Cc1ncoc1-c1ncn2c1[C@H](C)N=C(c1ccccc1Br)c1cc(Br)ccc1-2.Cc1ncoc1-c1ncn2c1[C@H](C)N=C(c1ccccc1I)c1cc(Br)ccc1-2.Cc1ncoc1-c1ncn2c1[C@H](C)N=C(c1ccccc1[N+](=O)[O-])c1cc(Br)ccc1-2. The van der Waals surface area contributed by atoms with Crippen molar-refractivity contribution in [2.45, 2.75) is 59.7 Å². The van der Waals surface area contributed by atoms with Crippen LogP contribution in [0.4, 0.5) is 5.69 Å². The van der Waals surface area contributed by atoms with E-state index in [0.717, 1.165) is 123 Å². The molecule has 0 bridgehead atoms. The third-order valence-corrected chi connectivity index (χ3v) is 18.6. The minimum absolute atomic E-state index is 0.00961. The average Bonchev–Trinajstić information content (AvgIpc) is 1.87. The van der Waals surface area contributed by atoms with Crippen LogP contribution in [-0.4, -0.2) is 65.7 Å². The molecule has 18 nitrogen and oxygen atoms in total. The largest absolute Gasteiger partial charge is 0.441 e. The highest BCUT2D eigenvalue weighted by Crippen LogP contribution is 2.43. The van der Waals surface area contributed by atoms with Crippen LogP contribution in [0.15, 0.2) is 212 Å². The van der Waals surface area contributed by atoms with Crippen molar-refractivity contribution in [3.05, 3.63) is 265 Å². The Hall–Kier alpha value is -8.36. The maximum Gasteiger partial charge on any atom is 0.278 e. The average molecular weight is 1550 g/mol. The summed E-state index contributed by atoms with van der Waals surface area (Å²) in [5.41, 5.74) is 18.3. The summed E-state index contributed by atoms with van der Waals surface area (Å²) in [5.74, 6) is 1.96. The Labute approximate surface area is 556 Å². The first-order valence-corrected chi connectivity index (χ1v) is 32.1. The number of hydrogen-bond donors (Lipinski definition) is 0. The lowest BCUT2D eigenvalue weighted by Crippen LogP contribution is -2.09. The number of aliphatic imine (C=N–C) groups is 3. The predicted octanol–water partition coefficient (Wildman–Crippen LogP) is 17.8. The number of nitrogens with zero attached hydrogens (tertiary/aromatic N) is 13. The van der Waals surface area contributed by atoms with Gasteiger partial charge in [0.1, 0.15) is 36.1 Å². The van der Waals surface area contributed by atoms with E-state index < -0.39 is 0 Å². The van der Waals surface area contributed by atoms with Crippen molar-refractivity contribution < 1.29 is 18.2 Å². The summed E-state index contributed by atoms with van der Waals surface area (Å²) in [7, 11) is 0. The number of fused-ring (bicyclic) bond motifs is 9. The Morgan fingerprint density at radius 2 is 0.798 bits per heavy atom. The van der Waals surface area contributed by atoms with Crippen LogP contribution in [0.1, 0.15) is 106 Å². The molecule has 3 aliphatic rings. The maximum absolute atomic E-state index is 11.7. The molecule has 6 aromatic heterocycles. The van der Waals surface area contributed by atoms with E-state index in [4.69, 9.17) is 28.2 Å². The van der Waals surface area contributed by atoms with E-state index in [1.807, 2.05) is 99.5 Å². The number of imidazole rings is 3. The second-order valence-electron chi connectivity index (χ2n) is 21.0. The van der Waals surface area contributed by atoms with Crippen molar-refractivity contribution in [1.29, 1.82) is 0 Å². The van der Waals surface area contributed by atoms with Gasteiger partial charge in [0, 0.05) is 55.3 Å². The van der Waals surface area contributed by atoms with Gasteiger partial charge in [-0.25, -0.2) is 29.9 Å². The summed E-state index contributed by atoms with van der Waals surface area (Å²) in [4.78, 5) is 53.2. The van der Waals surface area contributed by atoms with Gasteiger partial charge in [-0.15, -0.1) is 0 Å². The predicted molar refractivity (Wildman–Crippen MR) is 363 cm³/mol. The standard InChI is InChI=1S/C22H16Br2N4O.C22H16BrIN4O.C22H16BrN5O3/c2*1-12-21-20(22-13(2)26-11-29-22)25-10-28(21)18-8-7-14(23)9-16(18)19(27-12)15-5-3-4-6-17(15)24;1-12-21-20(22-13(2)25-11-31-22)24-10-27(21)17-8-7-14(23)9-16(17)19(26-12)15-5-3-4-6-18(15)28(29)30/h2*3-12H,1-2H3;3-12H,1-2H3/t3*12-/m000/s1. The number of nitro groups is 1. The zero-order valence-corrected chi connectivity index (χ0v) is 56.6. The Balaban J connectivity index is 0.000000123. The lowest BCUT2D eigenvalue weighted by molar-refractivity contribution is -0.385. The molecule has 0 unspecified atom stereocenters. The van der Waals surface area contributed by atoms with Crippen LogP contribution in [0.3, 0.4) is 0 Å². The fourth-order valence-corrected chi connectivity index (χ4v) is 13.6. The fraction of sp³-hybridized carbons (Fsp3) is 0.136. The van der Waals surface area contributed by atoms with Crippen molar-refractivity contribution in [2.24, 2.45) is 15.0 Å². The van der Waals surface area contributed by atoms with Gasteiger partial charge in [-0.05, 0) is 137 Å². The molecule has 89 heavy (non-hydrogen) atoms. The van der Waals surface area contributed by atoms with E-state index in [-0.39, 0.29) is 28.7 Å². The van der Waals surface area contributed by atoms with Crippen molar-refractivity contribution in [1.82, 2.24) is 43.6 Å². The minimum atomic E-state index is -0.379. The molecule has 12 aromatic rings. The Morgan fingerprint density at radius 1 is 0.449 bits per heavy atom. The molecule has 3 atom stereocenters. The molecular weight excluding hydrogens is 1500 g/mol. The molecule has 0 fully saturated rings. The molecular formula is C66H48Br4IN13O5. The fourth-order valence-electron chi connectivity index (χ4n) is 11.4. The number of aromatic nitrogens is 9. The molecule has 0 aliphatic carbocycles. The van der Waals surface area contributed by atoms with Crippen molar-refractivity contribution in [3.63, 3.8) is 0 Å². The van der Waals surface area contributed by atoms with Gasteiger partial charge in [0.25, 0.3) is 5.69 Å². The number of halogens is 5. The van der Waals surface area contributed by atoms with Crippen LogP contribution in [0, 0.1) is 34.5 Å². The zero-order chi connectivity index (χ0) is 61.9. The van der Waals surface area contributed by atoms with Crippen molar-refractivity contribution in [2.75, 3.05) is 0 Å². The van der Waals surface area contributed by atoms with Gasteiger partial charge in [0.05, 0.1) is 97.0 Å². The van der Waals surface area contributed by atoms with Crippen LogP contribution in [0.25, 0.3) is 51.4 Å². The molecule has 9 heterocycles. The summed E-state index contributed by atoms with van der Waals surface area (Å²) >= 11 is 16.8. The van der Waals surface area contributed by atoms with E-state index in [1.54, 1.807) is 24.5 Å². The number of benzene rings is 6. The van der Waals surface area contributed by atoms with E-state index in [0.29, 0.717) is 34.2 Å². The maximum atomic E-state index is 11.7. The third kappa shape index (κ3) is 11.0. The van der Waals surface area contributed by atoms with Gasteiger partial charge in [0.2, 0.25) is 0 Å². The van der Waals surface area contributed by atoms with Crippen molar-refractivity contribution >= 4 is 109 Å². The highest BCUT2D eigenvalue weighted by Gasteiger charge is 2.34. The monoisotopic (exact) mass is 1540 g/mol. The van der Waals surface area contributed by atoms with E-state index in [9.17, 15) is 10.1 Å². The molecule has 6 aromatic carbocycles.